The molecule has 0 aromatic heterocycles. The van der Waals surface area contributed by atoms with Crippen LogP contribution >= 0.6 is 0 Å². The van der Waals surface area contributed by atoms with Gasteiger partial charge in [-0.05, 0) is 93.9 Å². The van der Waals surface area contributed by atoms with Crippen LogP contribution in [0.5, 0.6) is 0 Å². The molecule has 1 saturated carbocycles. The second-order valence-electron chi connectivity index (χ2n) is 9.62. The summed E-state index contributed by atoms with van der Waals surface area (Å²) in [5, 5.41) is 0. The van der Waals surface area contributed by atoms with Crippen molar-refractivity contribution in [3.63, 3.8) is 0 Å². The maximum atomic E-state index is 10.7. The van der Waals surface area contributed by atoms with E-state index >= 15 is 0 Å². The summed E-state index contributed by atoms with van der Waals surface area (Å²) >= 11 is 0. The first-order chi connectivity index (χ1) is 17.0. The molecule has 0 unspecified atom stereocenters. The Balaban J connectivity index is 1.53. The van der Waals surface area contributed by atoms with Gasteiger partial charge in [0, 0.05) is 37.9 Å². The lowest BCUT2D eigenvalue weighted by molar-refractivity contribution is 0.0689. The number of carbonyl (C=O) groups excluding carboxylic acids is 1. The molecule has 0 heterocycles. The molecule has 1 aliphatic carbocycles. The van der Waals surface area contributed by atoms with Crippen LogP contribution in [0, 0.1) is 5.92 Å². The van der Waals surface area contributed by atoms with Crippen LogP contribution in [0.3, 0.4) is 0 Å². The number of allylic oxidation sites excluding steroid dienone is 1. The lowest BCUT2D eigenvalue weighted by Gasteiger charge is -2.32. The second-order valence-corrected chi connectivity index (χ2v) is 12.3. The van der Waals surface area contributed by atoms with Crippen LogP contribution in [0.2, 0.25) is 6.04 Å². The zero-order valence-corrected chi connectivity index (χ0v) is 23.0. The Kier molecular flexibility index (Phi) is 11.0. The van der Waals surface area contributed by atoms with E-state index in [-0.39, 0.29) is 0 Å². The van der Waals surface area contributed by atoms with E-state index in [1.54, 1.807) is 0 Å². The van der Waals surface area contributed by atoms with Gasteiger partial charge in [-0.25, -0.2) is 4.79 Å². The molecular formula is C30H42O4Si. The molecule has 2 aromatic rings. The molecule has 1 aliphatic rings. The molecule has 1 fully saturated rings. The summed E-state index contributed by atoms with van der Waals surface area (Å²) in [4.78, 5) is 10.7. The molecule has 0 N–H and O–H groups in total. The standard InChI is InChI=1S/C30H42O4Si/c1-5-32-35(33-6-2,34-7-3)21-20-25-8-12-27(13-9-25)29-16-18-30(19-17-29)28-14-10-26(11-15-28)22-24(4)23-31/h10-11,14-19,25,27H,5-9,12-13,20-22H2,1-4H3. The van der Waals surface area contributed by atoms with Gasteiger partial charge in [0.2, 0.25) is 0 Å². The minimum atomic E-state index is -2.53. The highest BCUT2D eigenvalue weighted by atomic mass is 28.4. The summed E-state index contributed by atoms with van der Waals surface area (Å²) in [6.07, 6.45) is 6.81. The fourth-order valence-corrected chi connectivity index (χ4v) is 8.04. The average Bonchev–Trinajstić information content (AvgIpc) is 2.89. The smallest absolute Gasteiger partial charge is 0.374 e. The van der Waals surface area contributed by atoms with Crippen LogP contribution in [0.1, 0.15) is 76.8 Å². The van der Waals surface area contributed by atoms with Crippen LogP contribution in [0.25, 0.3) is 11.1 Å². The van der Waals surface area contributed by atoms with E-state index in [1.165, 1.54) is 42.4 Å². The molecule has 0 aliphatic heterocycles. The Hall–Kier alpha value is -2.01. The van der Waals surface area contributed by atoms with E-state index < -0.39 is 8.80 Å². The van der Waals surface area contributed by atoms with Crippen molar-refractivity contribution in [3.8, 4) is 11.1 Å². The first-order valence-electron chi connectivity index (χ1n) is 13.3. The quantitative estimate of drug-likeness (QED) is 0.215. The third kappa shape index (κ3) is 7.99. The lowest BCUT2D eigenvalue weighted by atomic mass is 9.77. The fourth-order valence-electron chi connectivity index (χ4n) is 5.27. The lowest BCUT2D eigenvalue weighted by Crippen LogP contribution is -2.46. The van der Waals surface area contributed by atoms with Gasteiger partial charge in [0.1, 0.15) is 5.94 Å². The molecule has 0 spiro atoms. The van der Waals surface area contributed by atoms with Gasteiger partial charge in [0.05, 0.1) is 0 Å². The van der Waals surface area contributed by atoms with Crippen molar-refractivity contribution in [2.75, 3.05) is 19.8 Å². The SMILES string of the molecule is CCO[Si](CCC1CCC(c2ccc(-c3ccc(CC(C)=C=O)cc3)cc2)CC1)(OCC)OCC. The molecule has 5 heteroatoms. The predicted octanol–water partition coefficient (Wildman–Crippen LogP) is 7.39. The first kappa shape index (κ1) is 27.6. The van der Waals surface area contributed by atoms with Crippen LogP contribution < -0.4 is 0 Å². The zero-order chi connectivity index (χ0) is 25.1. The number of hydrogen-bond acceptors (Lipinski definition) is 4. The normalized spacial score (nSPS) is 18.3. The molecule has 4 nitrogen and oxygen atoms in total. The molecule has 0 amide bonds. The molecule has 0 atom stereocenters. The Labute approximate surface area is 213 Å². The van der Waals surface area contributed by atoms with E-state index in [0.717, 1.165) is 29.5 Å². The number of benzene rings is 2. The predicted molar refractivity (Wildman–Crippen MR) is 145 cm³/mol. The molecule has 3 rings (SSSR count). The van der Waals surface area contributed by atoms with Gasteiger partial charge in [0.25, 0.3) is 0 Å². The highest BCUT2D eigenvalue weighted by Crippen LogP contribution is 2.39. The molecule has 0 bridgehead atoms. The van der Waals surface area contributed by atoms with Crippen molar-refractivity contribution in [3.05, 3.63) is 65.2 Å². The topological polar surface area (TPSA) is 44.8 Å². The third-order valence-corrected chi connectivity index (χ3v) is 10.2. The fraction of sp³-hybridized carbons (Fsp3) is 0.533. The molecular weight excluding hydrogens is 452 g/mol. The van der Waals surface area contributed by atoms with Crippen LogP contribution in [0.4, 0.5) is 0 Å². The Morgan fingerprint density at radius 2 is 1.34 bits per heavy atom. The van der Waals surface area contributed by atoms with Crippen LogP contribution in [-0.2, 0) is 24.5 Å². The van der Waals surface area contributed by atoms with E-state index in [0.29, 0.717) is 32.2 Å². The highest BCUT2D eigenvalue weighted by molar-refractivity contribution is 6.60. The van der Waals surface area contributed by atoms with E-state index in [2.05, 4.69) is 48.5 Å². The summed E-state index contributed by atoms with van der Waals surface area (Å²) in [5.74, 6) is 3.36. The largest absolute Gasteiger partial charge is 0.500 e. The van der Waals surface area contributed by atoms with Gasteiger partial charge < -0.3 is 13.3 Å². The highest BCUT2D eigenvalue weighted by Gasteiger charge is 2.40. The average molecular weight is 495 g/mol. The van der Waals surface area contributed by atoms with Crippen molar-refractivity contribution < 1.29 is 18.1 Å². The van der Waals surface area contributed by atoms with Crippen molar-refractivity contribution >= 4 is 14.7 Å². The minimum Gasteiger partial charge on any atom is -0.374 e. The summed E-state index contributed by atoms with van der Waals surface area (Å²) in [6, 6.07) is 18.5. The van der Waals surface area contributed by atoms with Gasteiger partial charge in [0.15, 0.2) is 0 Å². The van der Waals surface area contributed by atoms with Crippen LogP contribution in [-0.4, -0.2) is 34.6 Å². The van der Waals surface area contributed by atoms with Crippen LogP contribution in [0.15, 0.2) is 54.1 Å². The van der Waals surface area contributed by atoms with Crippen molar-refractivity contribution in [2.45, 2.75) is 78.2 Å². The van der Waals surface area contributed by atoms with Gasteiger partial charge in [-0.1, -0.05) is 48.5 Å². The van der Waals surface area contributed by atoms with E-state index in [4.69, 9.17) is 13.3 Å². The minimum absolute atomic E-state index is 0.647. The van der Waals surface area contributed by atoms with Gasteiger partial charge in [-0.3, -0.25) is 0 Å². The maximum absolute atomic E-state index is 10.7. The number of hydrogen-bond donors (Lipinski definition) is 0. The molecule has 0 saturated heterocycles. The monoisotopic (exact) mass is 494 g/mol. The summed E-state index contributed by atoms with van der Waals surface area (Å²) in [6.45, 7) is 9.85. The Bertz CT molecular complexity index is 922. The van der Waals surface area contributed by atoms with E-state index in [9.17, 15) is 4.79 Å². The zero-order valence-electron chi connectivity index (χ0n) is 22.0. The van der Waals surface area contributed by atoms with Gasteiger partial charge >= 0.3 is 8.80 Å². The van der Waals surface area contributed by atoms with E-state index in [1.807, 2.05) is 33.6 Å². The first-order valence-corrected chi connectivity index (χ1v) is 15.3. The second kappa shape index (κ2) is 13.9. The van der Waals surface area contributed by atoms with Crippen molar-refractivity contribution in [1.29, 1.82) is 0 Å². The summed E-state index contributed by atoms with van der Waals surface area (Å²) < 4.78 is 18.1. The third-order valence-electron chi connectivity index (χ3n) is 7.11. The molecule has 2 aromatic carbocycles. The molecule has 190 valence electrons. The van der Waals surface area contributed by atoms with Crippen molar-refractivity contribution in [1.82, 2.24) is 0 Å². The number of rotatable bonds is 13. The summed E-state index contributed by atoms with van der Waals surface area (Å²) in [5.41, 5.74) is 5.78. The summed E-state index contributed by atoms with van der Waals surface area (Å²) in [7, 11) is -2.53. The van der Waals surface area contributed by atoms with Gasteiger partial charge in [-0.2, -0.15) is 0 Å². The maximum Gasteiger partial charge on any atom is 0.500 e. The van der Waals surface area contributed by atoms with Crippen molar-refractivity contribution in [2.24, 2.45) is 5.92 Å². The molecule has 35 heavy (non-hydrogen) atoms. The molecule has 0 radical (unpaired) electrons. The Morgan fingerprint density at radius 3 is 1.83 bits per heavy atom. The Morgan fingerprint density at radius 1 is 0.829 bits per heavy atom. The van der Waals surface area contributed by atoms with Gasteiger partial charge in [-0.15, -0.1) is 0 Å².